The van der Waals surface area contributed by atoms with Crippen LogP contribution in [0.1, 0.15) is 20.3 Å². The van der Waals surface area contributed by atoms with Gasteiger partial charge in [0.05, 0.1) is 6.04 Å². The fraction of sp³-hybridized carbons (Fsp3) is 0.900. The lowest BCUT2D eigenvalue weighted by Gasteiger charge is -2.33. The number of nitrogens with one attached hydrogen (secondary N) is 1. The van der Waals surface area contributed by atoms with E-state index in [-0.39, 0.29) is 17.9 Å². The van der Waals surface area contributed by atoms with Gasteiger partial charge in [0.15, 0.2) is 0 Å². The molecule has 1 saturated heterocycles. The highest BCUT2D eigenvalue weighted by molar-refractivity contribution is 7.99. The van der Waals surface area contributed by atoms with Gasteiger partial charge in [0.1, 0.15) is 0 Å². The molecule has 0 aromatic rings. The summed E-state index contributed by atoms with van der Waals surface area (Å²) < 4.78 is 0. The Hall–Kier alpha value is -0.260. The first kappa shape index (κ1) is 12.8. The van der Waals surface area contributed by atoms with E-state index in [1.807, 2.05) is 18.8 Å². The Morgan fingerprint density at radius 1 is 1.60 bits per heavy atom. The topological polar surface area (TPSA) is 58.4 Å². The van der Waals surface area contributed by atoms with Gasteiger partial charge in [-0.25, -0.2) is 5.84 Å². The van der Waals surface area contributed by atoms with Crippen molar-refractivity contribution in [1.29, 1.82) is 0 Å². The maximum absolute atomic E-state index is 11.7. The molecule has 2 unspecified atom stereocenters. The largest absolute Gasteiger partial charge is 0.293 e. The molecule has 1 aliphatic rings. The van der Waals surface area contributed by atoms with Crippen LogP contribution in [0.25, 0.3) is 0 Å². The lowest BCUT2D eigenvalue weighted by Crippen LogP contribution is -2.53. The van der Waals surface area contributed by atoms with Crippen LogP contribution in [-0.4, -0.2) is 41.4 Å². The van der Waals surface area contributed by atoms with Crippen molar-refractivity contribution in [3.05, 3.63) is 0 Å². The summed E-state index contributed by atoms with van der Waals surface area (Å²) in [7, 11) is 2.02. The molecule has 0 aromatic carbocycles. The molecule has 0 spiro atoms. The summed E-state index contributed by atoms with van der Waals surface area (Å²) >= 11 is 1.95. The second-order valence-electron chi connectivity index (χ2n) is 4.38. The van der Waals surface area contributed by atoms with Crippen molar-refractivity contribution in [2.45, 2.75) is 32.4 Å². The van der Waals surface area contributed by atoms with Crippen LogP contribution in [0.3, 0.4) is 0 Å². The van der Waals surface area contributed by atoms with Gasteiger partial charge in [0.2, 0.25) is 0 Å². The van der Waals surface area contributed by atoms with Crippen molar-refractivity contribution >= 4 is 17.7 Å². The predicted octanol–water partition coefficient (Wildman–Crippen LogP) is 0.438. The quantitative estimate of drug-likeness (QED) is 0.419. The molecule has 3 N–H and O–H groups in total. The first-order valence-electron chi connectivity index (χ1n) is 5.38. The molecule has 15 heavy (non-hydrogen) atoms. The number of hydrogen-bond acceptors (Lipinski definition) is 4. The third-order valence-corrected chi connectivity index (χ3v) is 4.11. The van der Waals surface area contributed by atoms with Gasteiger partial charge >= 0.3 is 0 Å². The van der Waals surface area contributed by atoms with Crippen LogP contribution in [0.2, 0.25) is 0 Å². The zero-order chi connectivity index (χ0) is 11.4. The molecule has 1 heterocycles. The van der Waals surface area contributed by atoms with E-state index in [1.165, 1.54) is 12.2 Å². The number of rotatable bonds is 4. The van der Waals surface area contributed by atoms with Gasteiger partial charge in [-0.15, -0.1) is 0 Å². The summed E-state index contributed by atoms with van der Waals surface area (Å²) in [4.78, 5) is 13.8. The van der Waals surface area contributed by atoms with Crippen LogP contribution in [0.15, 0.2) is 0 Å². The van der Waals surface area contributed by atoms with Gasteiger partial charge in [-0.2, -0.15) is 11.8 Å². The molecule has 5 heteroatoms. The molecule has 1 rings (SSSR count). The van der Waals surface area contributed by atoms with Gasteiger partial charge in [-0.1, -0.05) is 13.8 Å². The Kier molecular flexibility index (Phi) is 4.89. The maximum Gasteiger partial charge on any atom is 0.251 e. The second kappa shape index (κ2) is 5.72. The van der Waals surface area contributed by atoms with Crippen LogP contribution in [0.4, 0.5) is 0 Å². The van der Waals surface area contributed by atoms with Crippen molar-refractivity contribution in [2.24, 2.45) is 11.8 Å². The predicted molar refractivity (Wildman–Crippen MR) is 64.4 cm³/mol. The summed E-state index contributed by atoms with van der Waals surface area (Å²) in [6.07, 6.45) is 1.17. The minimum absolute atomic E-state index is 0.0793. The van der Waals surface area contributed by atoms with E-state index in [4.69, 9.17) is 5.84 Å². The van der Waals surface area contributed by atoms with Crippen LogP contribution in [0, 0.1) is 5.92 Å². The number of thioether (sulfide) groups is 1. The zero-order valence-corrected chi connectivity index (χ0v) is 10.5. The Labute approximate surface area is 95.9 Å². The summed E-state index contributed by atoms with van der Waals surface area (Å²) in [6, 6.07) is 0.401. The van der Waals surface area contributed by atoms with Crippen LogP contribution in [-0.2, 0) is 4.79 Å². The fourth-order valence-corrected chi connectivity index (χ4v) is 3.39. The molecule has 0 aromatic heterocycles. The van der Waals surface area contributed by atoms with Gasteiger partial charge in [-0.3, -0.25) is 15.1 Å². The Morgan fingerprint density at radius 2 is 2.27 bits per heavy atom. The number of amides is 1. The number of hydrazine groups is 1. The maximum atomic E-state index is 11.7. The highest BCUT2D eigenvalue weighted by Gasteiger charge is 2.32. The molecule has 0 radical (unpaired) electrons. The Balaban J connectivity index is 2.65. The summed E-state index contributed by atoms with van der Waals surface area (Å²) in [5.74, 6) is 7.74. The number of carbonyl (C=O) groups excluding carboxylic acids is 1. The second-order valence-corrected chi connectivity index (χ2v) is 5.53. The normalized spacial score (nSPS) is 23.5. The lowest BCUT2D eigenvalue weighted by atomic mass is 10.0. The molecule has 1 amide bonds. The number of carbonyl (C=O) groups is 1. The minimum atomic E-state index is -0.112. The van der Waals surface area contributed by atoms with Gasteiger partial charge in [-0.05, 0) is 25.1 Å². The Bertz CT molecular complexity index is 217. The van der Waals surface area contributed by atoms with E-state index in [0.717, 1.165) is 5.75 Å². The van der Waals surface area contributed by atoms with E-state index >= 15 is 0 Å². The van der Waals surface area contributed by atoms with Crippen molar-refractivity contribution in [1.82, 2.24) is 10.3 Å². The van der Waals surface area contributed by atoms with E-state index in [2.05, 4.69) is 24.2 Å². The fourth-order valence-electron chi connectivity index (χ4n) is 2.11. The molecule has 4 nitrogen and oxygen atoms in total. The molecule has 2 atom stereocenters. The SMILES string of the molecule is CC(C)C(C(=O)NN)N(C)C1CCSC1. The van der Waals surface area contributed by atoms with Crippen LogP contribution < -0.4 is 11.3 Å². The summed E-state index contributed by atoms with van der Waals surface area (Å²) in [5, 5.41) is 0. The minimum Gasteiger partial charge on any atom is -0.293 e. The molecular formula is C10H21N3OS. The lowest BCUT2D eigenvalue weighted by molar-refractivity contribution is -0.128. The molecule has 0 aliphatic carbocycles. The standard InChI is InChI=1S/C10H21N3OS/c1-7(2)9(10(14)12-11)13(3)8-4-5-15-6-8/h7-9H,4-6,11H2,1-3H3,(H,12,14). The number of nitrogens with zero attached hydrogens (tertiary/aromatic N) is 1. The molecular weight excluding hydrogens is 210 g/mol. The van der Waals surface area contributed by atoms with Gasteiger partial charge in [0, 0.05) is 11.8 Å². The van der Waals surface area contributed by atoms with Crippen molar-refractivity contribution in [3.63, 3.8) is 0 Å². The third-order valence-electron chi connectivity index (χ3n) is 2.96. The van der Waals surface area contributed by atoms with Crippen molar-refractivity contribution < 1.29 is 4.79 Å². The smallest absolute Gasteiger partial charge is 0.251 e. The first-order valence-corrected chi connectivity index (χ1v) is 6.53. The van der Waals surface area contributed by atoms with E-state index in [1.54, 1.807) is 0 Å². The zero-order valence-electron chi connectivity index (χ0n) is 9.69. The van der Waals surface area contributed by atoms with Crippen LogP contribution in [0.5, 0.6) is 0 Å². The molecule has 1 fully saturated rings. The molecule has 0 bridgehead atoms. The number of likely N-dealkylation sites (N-methyl/N-ethyl adjacent to an activating group) is 1. The molecule has 1 aliphatic heterocycles. The molecule has 0 saturated carbocycles. The molecule has 88 valence electrons. The highest BCUT2D eigenvalue weighted by Crippen LogP contribution is 2.24. The monoisotopic (exact) mass is 231 g/mol. The first-order chi connectivity index (χ1) is 7.07. The summed E-state index contributed by atoms with van der Waals surface area (Å²) in [6.45, 7) is 4.11. The number of nitrogens with two attached hydrogens (primary N) is 1. The van der Waals surface area contributed by atoms with E-state index < -0.39 is 0 Å². The van der Waals surface area contributed by atoms with Crippen molar-refractivity contribution in [3.8, 4) is 0 Å². The highest BCUT2D eigenvalue weighted by atomic mass is 32.2. The average Bonchev–Trinajstić information content (AvgIpc) is 2.69. The average molecular weight is 231 g/mol. The third kappa shape index (κ3) is 3.09. The number of hydrogen-bond donors (Lipinski definition) is 2. The van der Waals surface area contributed by atoms with Gasteiger partial charge < -0.3 is 0 Å². The van der Waals surface area contributed by atoms with Crippen LogP contribution >= 0.6 is 11.8 Å². The van der Waals surface area contributed by atoms with E-state index in [9.17, 15) is 4.79 Å². The van der Waals surface area contributed by atoms with E-state index in [0.29, 0.717) is 6.04 Å². The summed E-state index contributed by atoms with van der Waals surface area (Å²) in [5.41, 5.74) is 2.26. The van der Waals surface area contributed by atoms with Crippen molar-refractivity contribution in [2.75, 3.05) is 18.6 Å². The Morgan fingerprint density at radius 3 is 2.67 bits per heavy atom. The van der Waals surface area contributed by atoms with Gasteiger partial charge in [0.25, 0.3) is 5.91 Å².